The monoisotopic (exact) mass is 276 g/mol. The number of likely N-dealkylation sites (tertiary alicyclic amines) is 1. The van der Waals surface area contributed by atoms with E-state index in [9.17, 15) is 0 Å². The lowest BCUT2D eigenvalue weighted by atomic mass is 10.0. The molecule has 1 saturated heterocycles. The molecule has 0 amide bonds. The van der Waals surface area contributed by atoms with Crippen molar-refractivity contribution in [2.75, 3.05) is 13.1 Å². The second kappa shape index (κ2) is 5.72. The van der Waals surface area contributed by atoms with Gasteiger partial charge in [0, 0.05) is 17.6 Å². The Hall–Kier alpha value is -1.39. The molecule has 5 heteroatoms. The summed E-state index contributed by atoms with van der Waals surface area (Å²) in [5, 5.41) is 5.02. The van der Waals surface area contributed by atoms with E-state index in [1.165, 1.54) is 18.4 Å². The van der Waals surface area contributed by atoms with Crippen LogP contribution in [0.4, 0.5) is 0 Å². The highest BCUT2D eigenvalue weighted by atomic mass is 35.5. The van der Waals surface area contributed by atoms with Crippen molar-refractivity contribution in [3.05, 3.63) is 47.5 Å². The molecule has 1 aromatic heterocycles. The Morgan fingerprint density at radius 3 is 2.95 bits per heavy atom. The van der Waals surface area contributed by atoms with E-state index in [-0.39, 0.29) is 0 Å². The molecule has 100 valence electrons. The second-order valence-electron chi connectivity index (χ2n) is 4.87. The Kier molecular flexibility index (Phi) is 3.80. The average Bonchev–Trinajstić information content (AvgIpc) is 3.08. The minimum atomic E-state index is 0.442. The van der Waals surface area contributed by atoms with Crippen LogP contribution >= 0.6 is 11.6 Å². The highest BCUT2D eigenvalue weighted by Gasteiger charge is 2.26. The van der Waals surface area contributed by atoms with E-state index < -0.39 is 0 Å². The third kappa shape index (κ3) is 2.80. The molecule has 3 rings (SSSR count). The second-order valence-corrected chi connectivity index (χ2v) is 5.28. The van der Waals surface area contributed by atoms with Crippen LogP contribution in [-0.2, 0) is 6.54 Å². The van der Waals surface area contributed by atoms with Crippen LogP contribution < -0.4 is 0 Å². The van der Waals surface area contributed by atoms with Crippen LogP contribution in [0.1, 0.15) is 24.4 Å². The largest absolute Gasteiger partial charge is 0.294 e. The minimum Gasteiger partial charge on any atom is -0.294 e. The molecule has 0 unspecified atom stereocenters. The summed E-state index contributed by atoms with van der Waals surface area (Å²) in [6.07, 6.45) is 5.75. The van der Waals surface area contributed by atoms with E-state index in [0.29, 0.717) is 6.04 Å². The SMILES string of the molecule is Clc1ccccc1[C@H]1CCCN1CCn1cncn1. The maximum Gasteiger partial charge on any atom is 0.137 e. The van der Waals surface area contributed by atoms with Gasteiger partial charge in [0.05, 0.1) is 6.54 Å². The van der Waals surface area contributed by atoms with Crippen LogP contribution in [0.2, 0.25) is 5.02 Å². The van der Waals surface area contributed by atoms with Crippen LogP contribution in [0.15, 0.2) is 36.9 Å². The van der Waals surface area contributed by atoms with Gasteiger partial charge in [-0.3, -0.25) is 9.58 Å². The zero-order valence-corrected chi connectivity index (χ0v) is 11.5. The molecule has 1 aliphatic heterocycles. The fourth-order valence-electron chi connectivity index (χ4n) is 2.77. The van der Waals surface area contributed by atoms with E-state index in [0.717, 1.165) is 24.7 Å². The molecule has 4 nitrogen and oxygen atoms in total. The number of nitrogens with zero attached hydrogens (tertiary/aromatic N) is 4. The molecular formula is C14H17ClN4. The third-order valence-electron chi connectivity index (χ3n) is 3.71. The van der Waals surface area contributed by atoms with Crippen molar-refractivity contribution in [1.29, 1.82) is 0 Å². The smallest absolute Gasteiger partial charge is 0.137 e. The zero-order valence-electron chi connectivity index (χ0n) is 10.7. The first-order valence-electron chi connectivity index (χ1n) is 6.65. The van der Waals surface area contributed by atoms with Crippen LogP contribution in [0, 0.1) is 0 Å². The standard InChI is InChI=1S/C14H17ClN4/c15-13-5-2-1-4-12(13)14-6-3-7-18(14)8-9-19-11-16-10-17-19/h1-2,4-5,10-11,14H,3,6-9H2/t14-/m1/s1. The third-order valence-corrected chi connectivity index (χ3v) is 4.05. The summed E-state index contributed by atoms with van der Waals surface area (Å²) in [6, 6.07) is 8.61. The van der Waals surface area contributed by atoms with E-state index in [2.05, 4.69) is 27.1 Å². The van der Waals surface area contributed by atoms with Gasteiger partial charge >= 0.3 is 0 Å². The lowest BCUT2D eigenvalue weighted by Crippen LogP contribution is -2.27. The van der Waals surface area contributed by atoms with Crippen molar-refractivity contribution in [3.63, 3.8) is 0 Å². The Morgan fingerprint density at radius 2 is 2.16 bits per heavy atom. The molecule has 1 atom stereocenters. The lowest BCUT2D eigenvalue weighted by Gasteiger charge is -2.25. The van der Waals surface area contributed by atoms with Gasteiger partial charge in [0.2, 0.25) is 0 Å². The fraction of sp³-hybridized carbons (Fsp3) is 0.429. The Bertz CT molecular complexity index is 526. The van der Waals surface area contributed by atoms with E-state index in [1.807, 2.05) is 16.8 Å². The summed E-state index contributed by atoms with van der Waals surface area (Å²) in [6.45, 7) is 2.99. The van der Waals surface area contributed by atoms with Gasteiger partial charge in [-0.05, 0) is 31.0 Å². The van der Waals surface area contributed by atoms with Crippen molar-refractivity contribution < 1.29 is 0 Å². The van der Waals surface area contributed by atoms with Crippen LogP contribution in [0.5, 0.6) is 0 Å². The van der Waals surface area contributed by atoms with Crippen molar-refractivity contribution in [3.8, 4) is 0 Å². The molecule has 0 N–H and O–H groups in total. The molecule has 0 radical (unpaired) electrons. The molecule has 0 spiro atoms. The number of hydrogen-bond acceptors (Lipinski definition) is 3. The number of halogens is 1. The molecule has 2 heterocycles. The quantitative estimate of drug-likeness (QED) is 0.861. The summed E-state index contributed by atoms with van der Waals surface area (Å²) < 4.78 is 1.88. The first-order chi connectivity index (χ1) is 9.34. The summed E-state index contributed by atoms with van der Waals surface area (Å²) in [5.41, 5.74) is 1.25. The Labute approximate surface area is 118 Å². The summed E-state index contributed by atoms with van der Waals surface area (Å²) in [5.74, 6) is 0. The Morgan fingerprint density at radius 1 is 1.26 bits per heavy atom. The van der Waals surface area contributed by atoms with E-state index in [1.54, 1.807) is 12.7 Å². The maximum absolute atomic E-state index is 6.32. The molecule has 1 aliphatic rings. The van der Waals surface area contributed by atoms with E-state index in [4.69, 9.17) is 11.6 Å². The molecule has 0 bridgehead atoms. The zero-order chi connectivity index (χ0) is 13.1. The van der Waals surface area contributed by atoms with Gasteiger partial charge in [-0.1, -0.05) is 29.8 Å². The van der Waals surface area contributed by atoms with Gasteiger partial charge in [-0.15, -0.1) is 0 Å². The van der Waals surface area contributed by atoms with Crippen LogP contribution in [-0.4, -0.2) is 32.8 Å². The summed E-state index contributed by atoms with van der Waals surface area (Å²) >= 11 is 6.32. The molecule has 0 saturated carbocycles. The molecule has 1 aromatic carbocycles. The topological polar surface area (TPSA) is 34.0 Å². The first kappa shape index (κ1) is 12.6. The molecule has 19 heavy (non-hydrogen) atoms. The van der Waals surface area contributed by atoms with Crippen molar-refractivity contribution in [2.24, 2.45) is 0 Å². The Balaban J connectivity index is 1.69. The van der Waals surface area contributed by atoms with Gasteiger partial charge in [-0.25, -0.2) is 4.98 Å². The van der Waals surface area contributed by atoms with Crippen molar-refractivity contribution >= 4 is 11.6 Å². The van der Waals surface area contributed by atoms with E-state index >= 15 is 0 Å². The average molecular weight is 277 g/mol. The lowest BCUT2D eigenvalue weighted by molar-refractivity contribution is 0.243. The van der Waals surface area contributed by atoms with Crippen molar-refractivity contribution in [2.45, 2.75) is 25.4 Å². The predicted octanol–water partition coefficient (Wildman–Crippen LogP) is 2.77. The van der Waals surface area contributed by atoms with Crippen molar-refractivity contribution in [1.82, 2.24) is 19.7 Å². The molecule has 1 fully saturated rings. The van der Waals surface area contributed by atoms with Gasteiger partial charge in [0.15, 0.2) is 0 Å². The van der Waals surface area contributed by atoms with Crippen LogP contribution in [0.25, 0.3) is 0 Å². The fourth-order valence-corrected chi connectivity index (χ4v) is 3.03. The minimum absolute atomic E-state index is 0.442. The highest BCUT2D eigenvalue weighted by Crippen LogP contribution is 2.35. The molecule has 0 aliphatic carbocycles. The summed E-state index contributed by atoms with van der Waals surface area (Å²) in [7, 11) is 0. The highest BCUT2D eigenvalue weighted by molar-refractivity contribution is 6.31. The van der Waals surface area contributed by atoms with Gasteiger partial charge < -0.3 is 0 Å². The molecular weight excluding hydrogens is 260 g/mol. The number of hydrogen-bond donors (Lipinski definition) is 0. The maximum atomic E-state index is 6.32. The number of rotatable bonds is 4. The first-order valence-corrected chi connectivity index (χ1v) is 7.03. The normalized spacial score (nSPS) is 19.9. The van der Waals surface area contributed by atoms with Gasteiger partial charge in [-0.2, -0.15) is 5.10 Å². The van der Waals surface area contributed by atoms with Gasteiger partial charge in [0.1, 0.15) is 12.7 Å². The number of aromatic nitrogens is 3. The predicted molar refractivity (Wildman–Crippen MR) is 75.0 cm³/mol. The number of benzene rings is 1. The van der Waals surface area contributed by atoms with Gasteiger partial charge in [0.25, 0.3) is 0 Å². The summed E-state index contributed by atoms with van der Waals surface area (Å²) in [4.78, 5) is 6.46. The molecule has 2 aromatic rings. The van der Waals surface area contributed by atoms with Crippen LogP contribution in [0.3, 0.4) is 0 Å².